The smallest absolute Gasteiger partial charge is 0.404 e. The summed E-state index contributed by atoms with van der Waals surface area (Å²) in [4.78, 5) is 14.0. The molecule has 1 aromatic carbocycles. The molecular formula is C14H13N2O6P. The van der Waals surface area contributed by atoms with E-state index >= 15 is 0 Å². The van der Waals surface area contributed by atoms with E-state index in [0.29, 0.717) is 6.42 Å². The van der Waals surface area contributed by atoms with Crippen molar-refractivity contribution in [1.82, 2.24) is 4.98 Å². The molecular weight excluding hydrogens is 323 g/mol. The number of non-ortho nitro benzene ring substituents is 1. The molecule has 0 saturated carbocycles. The van der Waals surface area contributed by atoms with Gasteiger partial charge in [-0.15, -0.1) is 0 Å². The number of nitro benzene ring substituents is 1. The van der Waals surface area contributed by atoms with Crippen molar-refractivity contribution in [3.63, 3.8) is 0 Å². The van der Waals surface area contributed by atoms with E-state index < -0.39 is 18.8 Å². The van der Waals surface area contributed by atoms with E-state index in [-0.39, 0.29) is 18.0 Å². The fourth-order valence-corrected chi connectivity index (χ4v) is 3.53. The Morgan fingerprint density at radius 2 is 1.91 bits per heavy atom. The first-order chi connectivity index (χ1) is 11.1. The van der Waals surface area contributed by atoms with Gasteiger partial charge in [0.15, 0.2) is 0 Å². The van der Waals surface area contributed by atoms with Gasteiger partial charge < -0.3 is 4.52 Å². The van der Waals surface area contributed by atoms with Crippen molar-refractivity contribution in [3.05, 3.63) is 64.5 Å². The second kappa shape index (κ2) is 6.45. The summed E-state index contributed by atoms with van der Waals surface area (Å²) < 4.78 is 28.5. The van der Waals surface area contributed by atoms with Gasteiger partial charge in [0, 0.05) is 30.9 Å². The summed E-state index contributed by atoms with van der Waals surface area (Å²) in [5.74, 6) is 0.175. The van der Waals surface area contributed by atoms with Gasteiger partial charge in [-0.2, -0.15) is 0 Å². The SMILES string of the molecule is O=[N+]([O-])c1ccc(OP2(=O)OCC[C@H](c3ccncc3)O2)cc1. The third-order valence-corrected chi connectivity index (χ3v) is 4.67. The average molecular weight is 336 g/mol. The van der Waals surface area contributed by atoms with Crippen LogP contribution in [0.15, 0.2) is 48.8 Å². The lowest BCUT2D eigenvalue weighted by Gasteiger charge is -2.28. The molecule has 120 valence electrons. The van der Waals surface area contributed by atoms with Crippen LogP contribution >= 0.6 is 7.82 Å². The summed E-state index contributed by atoms with van der Waals surface area (Å²) in [6.45, 7) is 0.219. The maximum Gasteiger partial charge on any atom is 0.530 e. The van der Waals surface area contributed by atoms with Gasteiger partial charge in [0.05, 0.1) is 17.6 Å². The molecule has 0 amide bonds. The number of phosphoric ester groups is 1. The molecule has 0 spiro atoms. The second-order valence-electron chi connectivity index (χ2n) is 4.79. The summed E-state index contributed by atoms with van der Waals surface area (Å²) in [6, 6.07) is 8.75. The van der Waals surface area contributed by atoms with Crippen molar-refractivity contribution in [2.45, 2.75) is 12.5 Å². The quantitative estimate of drug-likeness (QED) is 0.477. The Balaban J connectivity index is 1.73. The number of nitro groups is 1. The summed E-state index contributed by atoms with van der Waals surface area (Å²) in [5.41, 5.74) is 0.742. The van der Waals surface area contributed by atoms with Crippen molar-refractivity contribution >= 4 is 13.5 Å². The molecule has 2 atom stereocenters. The summed E-state index contributed by atoms with van der Waals surface area (Å²) in [6.07, 6.45) is 3.36. The zero-order valence-electron chi connectivity index (χ0n) is 11.9. The Hall–Kier alpha value is -2.28. The highest BCUT2D eigenvalue weighted by atomic mass is 31.2. The molecule has 8 nitrogen and oxygen atoms in total. The molecule has 1 fully saturated rings. The van der Waals surface area contributed by atoms with Gasteiger partial charge in [0.1, 0.15) is 5.75 Å². The number of hydrogen-bond acceptors (Lipinski definition) is 7. The van der Waals surface area contributed by atoms with Gasteiger partial charge in [-0.05, 0) is 29.8 Å². The molecule has 3 rings (SSSR count). The standard InChI is InChI=1S/C14H13N2O6P/c17-16(18)12-1-3-13(4-2-12)21-23(19)20-10-7-14(22-23)11-5-8-15-9-6-11/h1-6,8-9,14H,7,10H2/t14-,23?/m1/s1. The van der Waals surface area contributed by atoms with Crippen molar-refractivity contribution in [2.75, 3.05) is 6.61 Å². The number of phosphoric acid groups is 1. The summed E-state index contributed by atoms with van der Waals surface area (Å²) in [5, 5.41) is 10.6. The topological polar surface area (TPSA) is 101 Å². The Morgan fingerprint density at radius 1 is 1.22 bits per heavy atom. The van der Waals surface area contributed by atoms with E-state index in [9.17, 15) is 14.7 Å². The Morgan fingerprint density at radius 3 is 2.57 bits per heavy atom. The van der Waals surface area contributed by atoms with Crippen molar-refractivity contribution in [2.24, 2.45) is 0 Å². The zero-order valence-corrected chi connectivity index (χ0v) is 12.8. The molecule has 0 N–H and O–H groups in total. The maximum absolute atomic E-state index is 12.6. The minimum absolute atomic E-state index is 0.0872. The lowest BCUT2D eigenvalue weighted by atomic mass is 10.1. The third kappa shape index (κ3) is 3.73. The number of rotatable bonds is 4. The highest BCUT2D eigenvalue weighted by molar-refractivity contribution is 7.49. The molecule has 0 bridgehead atoms. The predicted molar refractivity (Wildman–Crippen MR) is 80.0 cm³/mol. The maximum atomic E-state index is 12.6. The van der Waals surface area contributed by atoms with E-state index in [1.165, 1.54) is 24.3 Å². The van der Waals surface area contributed by atoms with E-state index in [1.54, 1.807) is 24.5 Å². The molecule has 9 heteroatoms. The molecule has 0 radical (unpaired) electrons. The molecule has 0 aliphatic carbocycles. The predicted octanol–water partition coefficient (Wildman–Crippen LogP) is 3.65. The van der Waals surface area contributed by atoms with Crippen molar-refractivity contribution in [1.29, 1.82) is 0 Å². The highest BCUT2D eigenvalue weighted by Crippen LogP contribution is 2.56. The minimum atomic E-state index is -3.79. The van der Waals surface area contributed by atoms with Crippen LogP contribution < -0.4 is 4.52 Å². The third-order valence-electron chi connectivity index (χ3n) is 3.23. The van der Waals surface area contributed by atoms with Crippen LogP contribution in [0.2, 0.25) is 0 Å². The Bertz CT molecular complexity index is 737. The van der Waals surface area contributed by atoms with Crippen LogP contribution in [0.5, 0.6) is 5.75 Å². The molecule has 23 heavy (non-hydrogen) atoms. The van der Waals surface area contributed by atoms with Gasteiger partial charge in [0.25, 0.3) is 5.69 Å². The fourth-order valence-electron chi connectivity index (χ4n) is 2.12. The van der Waals surface area contributed by atoms with E-state index in [4.69, 9.17) is 13.6 Å². The van der Waals surface area contributed by atoms with Crippen LogP contribution in [-0.2, 0) is 13.6 Å². The zero-order chi connectivity index (χ0) is 16.3. The molecule has 2 heterocycles. The van der Waals surface area contributed by atoms with Gasteiger partial charge in [0.2, 0.25) is 0 Å². The Labute approximate surface area is 131 Å². The number of nitrogens with zero attached hydrogens (tertiary/aromatic N) is 2. The van der Waals surface area contributed by atoms with Gasteiger partial charge in [-0.25, -0.2) is 4.57 Å². The fraction of sp³-hybridized carbons (Fsp3) is 0.214. The van der Waals surface area contributed by atoms with Crippen molar-refractivity contribution < 1.29 is 23.1 Å². The lowest BCUT2D eigenvalue weighted by Crippen LogP contribution is -2.16. The normalized spacial score (nSPS) is 24.1. The second-order valence-corrected chi connectivity index (χ2v) is 6.33. The van der Waals surface area contributed by atoms with Crippen LogP contribution in [0.4, 0.5) is 5.69 Å². The van der Waals surface area contributed by atoms with Crippen LogP contribution in [0.1, 0.15) is 18.1 Å². The molecule has 1 aromatic heterocycles. The molecule has 2 aromatic rings. The Kier molecular flexibility index (Phi) is 4.38. The van der Waals surface area contributed by atoms with E-state index in [1.807, 2.05) is 0 Å². The molecule has 1 aliphatic rings. The average Bonchev–Trinajstić information content (AvgIpc) is 2.56. The van der Waals surface area contributed by atoms with E-state index in [2.05, 4.69) is 4.98 Å². The first-order valence-electron chi connectivity index (χ1n) is 6.83. The van der Waals surface area contributed by atoms with Gasteiger partial charge in [-0.3, -0.25) is 24.1 Å². The monoisotopic (exact) mass is 336 g/mol. The first-order valence-corrected chi connectivity index (χ1v) is 8.29. The number of pyridine rings is 1. The van der Waals surface area contributed by atoms with Crippen molar-refractivity contribution in [3.8, 4) is 5.75 Å². The number of aromatic nitrogens is 1. The number of benzene rings is 1. The largest absolute Gasteiger partial charge is 0.530 e. The molecule has 1 aliphatic heterocycles. The lowest BCUT2D eigenvalue weighted by molar-refractivity contribution is -0.384. The van der Waals surface area contributed by atoms with Crippen LogP contribution in [0.3, 0.4) is 0 Å². The molecule has 1 unspecified atom stereocenters. The minimum Gasteiger partial charge on any atom is -0.404 e. The van der Waals surface area contributed by atoms with E-state index in [0.717, 1.165) is 5.56 Å². The van der Waals surface area contributed by atoms with Crippen LogP contribution in [0, 0.1) is 10.1 Å². The van der Waals surface area contributed by atoms with Crippen LogP contribution in [-0.4, -0.2) is 16.5 Å². The summed E-state index contributed by atoms with van der Waals surface area (Å²) in [7, 11) is -3.79. The number of hydrogen-bond donors (Lipinski definition) is 0. The van der Waals surface area contributed by atoms with Gasteiger partial charge in [-0.1, -0.05) is 0 Å². The summed E-state index contributed by atoms with van der Waals surface area (Å²) >= 11 is 0. The highest BCUT2D eigenvalue weighted by Gasteiger charge is 2.37. The van der Waals surface area contributed by atoms with Crippen LogP contribution in [0.25, 0.3) is 0 Å². The van der Waals surface area contributed by atoms with Gasteiger partial charge >= 0.3 is 7.82 Å². The molecule has 1 saturated heterocycles. The first kappa shape index (κ1) is 15.6.